The molecule has 1 radical (unpaired) electrons. The molecule has 0 fully saturated rings. The van der Waals surface area contributed by atoms with E-state index in [4.69, 9.17) is 0 Å². The molecule has 0 atom stereocenters. The minimum Gasteiger partial charge on any atom is -0.296 e. The summed E-state index contributed by atoms with van der Waals surface area (Å²) in [6.45, 7) is 0. The maximum Gasteiger partial charge on any atom is 0.280 e. The fourth-order valence-corrected chi connectivity index (χ4v) is 4.15. The van der Waals surface area contributed by atoms with Crippen LogP contribution in [0.15, 0.2) is 54.6 Å². The predicted molar refractivity (Wildman–Crippen MR) is 95.7 cm³/mol. The summed E-state index contributed by atoms with van der Waals surface area (Å²) in [7, 11) is 0. The zero-order chi connectivity index (χ0) is 14.1. The Hall–Kier alpha value is -1.77. The third kappa shape index (κ3) is 2.57. The van der Waals surface area contributed by atoms with Crippen LogP contribution in [0.3, 0.4) is 0 Å². The Morgan fingerprint density at radius 2 is 1.86 bits per heavy atom. The Bertz CT molecular complexity index is 807. The van der Waals surface area contributed by atoms with Gasteiger partial charge in [0.15, 0.2) is 5.02 Å². The number of allylic oxidation sites excluding steroid dienone is 2. The molecule has 4 rings (SSSR count). The van der Waals surface area contributed by atoms with Gasteiger partial charge in [0.1, 0.15) is 0 Å². The molecule has 1 aromatic carbocycles. The number of hydrogen-bond donors (Lipinski definition) is 0. The van der Waals surface area contributed by atoms with Crippen molar-refractivity contribution < 1.29 is 0 Å². The molecule has 0 amide bonds. The highest BCUT2D eigenvalue weighted by atomic mass is 32.1. The minimum absolute atomic E-state index is 1.25. The molecule has 3 heterocycles. The zero-order valence-electron chi connectivity index (χ0n) is 10.9. The molecule has 21 heavy (non-hydrogen) atoms. The lowest BCUT2D eigenvalue weighted by atomic mass is 10.0. The van der Waals surface area contributed by atoms with Crippen LogP contribution in [-0.4, -0.2) is 5.02 Å². The van der Waals surface area contributed by atoms with Crippen molar-refractivity contribution in [3.8, 4) is 20.9 Å². The highest BCUT2D eigenvalue weighted by Crippen LogP contribution is 2.34. The van der Waals surface area contributed by atoms with E-state index in [9.17, 15) is 0 Å². The largest absolute Gasteiger partial charge is 0.296 e. The van der Waals surface area contributed by atoms with Gasteiger partial charge in [-0.25, -0.2) is 0 Å². The molecule has 0 bridgehead atoms. The summed E-state index contributed by atoms with van der Waals surface area (Å²) in [6, 6.07) is 14.9. The van der Waals surface area contributed by atoms with Crippen molar-refractivity contribution in [3.05, 3.63) is 70.9 Å². The van der Waals surface area contributed by atoms with Crippen molar-refractivity contribution >= 4 is 44.0 Å². The molecule has 0 saturated carbocycles. The lowest BCUT2D eigenvalue weighted by Gasteiger charge is -2.09. The molecule has 0 N–H and O–H groups in total. The quantitative estimate of drug-likeness (QED) is 0.356. The number of rotatable bonds is 3. The lowest BCUT2D eigenvalue weighted by molar-refractivity contribution is 1.64. The van der Waals surface area contributed by atoms with Gasteiger partial charge in [-0.3, -0.25) is 11.3 Å². The SMILES string of the molecule is C1=CC=C(c2cc(-c3cc[c]s3)cc(-c3cc[c-]s3)c2)[S+]=1. The first-order valence-electron chi connectivity index (χ1n) is 6.44. The summed E-state index contributed by atoms with van der Waals surface area (Å²) in [4.78, 5) is 3.75. The van der Waals surface area contributed by atoms with Crippen LogP contribution in [0.25, 0.3) is 25.8 Å². The number of hydrogen-bond acceptors (Lipinski definition) is 2. The fraction of sp³-hybridized carbons (Fsp3) is 0. The fourth-order valence-electron chi connectivity index (χ4n) is 2.24. The topological polar surface area (TPSA) is 0 Å². The van der Waals surface area contributed by atoms with Crippen molar-refractivity contribution in [2.45, 2.75) is 0 Å². The van der Waals surface area contributed by atoms with E-state index >= 15 is 0 Å². The van der Waals surface area contributed by atoms with E-state index < -0.39 is 0 Å². The van der Waals surface area contributed by atoms with Gasteiger partial charge in [0.25, 0.3) is 11.4 Å². The van der Waals surface area contributed by atoms with E-state index in [2.05, 4.69) is 52.2 Å². The van der Waals surface area contributed by atoms with E-state index in [1.165, 1.54) is 31.3 Å². The highest BCUT2D eigenvalue weighted by Gasteiger charge is 2.15. The van der Waals surface area contributed by atoms with Crippen LogP contribution in [-0.2, 0) is 11.4 Å². The summed E-state index contributed by atoms with van der Waals surface area (Å²) in [6.07, 6.45) is 4.10. The molecule has 3 heteroatoms. The van der Waals surface area contributed by atoms with Gasteiger partial charge in [-0.15, -0.1) is 21.6 Å². The van der Waals surface area contributed by atoms with E-state index in [1.54, 1.807) is 34.0 Å². The van der Waals surface area contributed by atoms with Crippen molar-refractivity contribution in [3.63, 3.8) is 0 Å². The summed E-state index contributed by atoms with van der Waals surface area (Å²) >= 11 is 4.96. The summed E-state index contributed by atoms with van der Waals surface area (Å²) in [5.41, 5.74) is 3.74. The Balaban J connectivity index is 1.90. The molecular weight excluding hydrogens is 312 g/mol. The first-order valence-corrected chi connectivity index (χ1v) is 8.89. The molecule has 2 aromatic heterocycles. The first-order chi connectivity index (χ1) is 10.4. The smallest absolute Gasteiger partial charge is 0.280 e. The molecule has 0 unspecified atom stereocenters. The van der Waals surface area contributed by atoms with Gasteiger partial charge in [-0.1, -0.05) is 17.7 Å². The Morgan fingerprint density at radius 3 is 2.52 bits per heavy atom. The van der Waals surface area contributed by atoms with E-state index in [0.29, 0.717) is 0 Å². The van der Waals surface area contributed by atoms with Crippen molar-refractivity contribution in [1.29, 1.82) is 0 Å². The molecule has 1 aliphatic heterocycles. The van der Waals surface area contributed by atoms with Crippen molar-refractivity contribution in [2.24, 2.45) is 0 Å². The van der Waals surface area contributed by atoms with E-state index in [1.807, 2.05) is 18.2 Å². The van der Waals surface area contributed by atoms with Gasteiger partial charge in [-0.05, 0) is 23.8 Å². The molecule has 0 saturated heterocycles. The molecule has 1 aliphatic rings. The third-order valence-electron chi connectivity index (χ3n) is 3.20. The predicted octanol–water partition coefficient (Wildman–Crippen LogP) is 5.14. The highest BCUT2D eigenvalue weighted by molar-refractivity contribution is 7.87. The standard InChI is InChI=1S/C18H9S3/c1-4-16(19-7-1)13-10-14(17-5-2-8-20-17)12-15(11-13)18-6-3-9-21-18/h1-6,10-12H. The average Bonchev–Trinajstić information content (AvgIpc) is 3.29. The van der Waals surface area contributed by atoms with Gasteiger partial charge in [0.05, 0.1) is 0 Å². The average molecular weight is 321 g/mol. The van der Waals surface area contributed by atoms with Crippen LogP contribution in [0.4, 0.5) is 0 Å². The summed E-state index contributed by atoms with van der Waals surface area (Å²) in [5, 5.41) is 9.51. The van der Waals surface area contributed by atoms with Crippen LogP contribution in [0.5, 0.6) is 0 Å². The monoisotopic (exact) mass is 321 g/mol. The maximum atomic E-state index is 3.17. The van der Waals surface area contributed by atoms with E-state index in [-0.39, 0.29) is 0 Å². The summed E-state index contributed by atoms with van der Waals surface area (Å²) in [5.74, 6) is 0. The third-order valence-corrected chi connectivity index (χ3v) is 5.74. The second-order valence-electron chi connectivity index (χ2n) is 4.55. The number of benzene rings is 1. The second kappa shape index (κ2) is 5.55. The van der Waals surface area contributed by atoms with Gasteiger partial charge >= 0.3 is 0 Å². The Labute approximate surface area is 135 Å². The second-order valence-corrected chi connectivity index (χ2v) is 7.19. The Kier molecular flexibility index (Phi) is 3.42. The molecule has 0 nitrogen and oxygen atoms in total. The van der Waals surface area contributed by atoms with Gasteiger partial charge in [-0.2, -0.15) is 12.1 Å². The summed E-state index contributed by atoms with van der Waals surface area (Å²) < 4.78 is 0. The van der Waals surface area contributed by atoms with E-state index in [0.717, 1.165) is 0 Å². The molecule has 0 aliphatic carbocycles. The Morgan fingerprint density at radius 1 is 1.00 bits per heavy atom. The minimum atomic E-state index is 1.25. The van der Waals surface area contributed by atoms with Gasteiger partial charge in [0.2, 0.25) is 4.91 Å². The van der Waals surface area contributed by atoms with Gasteiger partial charge < -0.3 is 0 Å². The van der Waals surface area contributed by atoms with Crippen LogP contribution in [0, 0.1) is 10.8 Å². The zero-order valence-corrected chi connectivity index (χ0v) is 13.4. The molecular formula is C18H9S3. The molecule has 0 spiro atoms. The van der Waals surface area contributed by atoms with Crippen molar-refractivity contribution in [2.75, 3.05) is 0 Å². The van der Waals surface area contributed by atoms with Gasteiger partial charge in [0, 0.05) is 28.0 Å². The first kappa shape index (κ1) is 12.9. The maximum absolute atomic E-state index is 3.17. The van der Waals surface area contributed by atoms with Crippen LogP contribution >= 0.6 is 22.7 Å². The van der Waals surface area contributed by atoms with Crippen LogP contribution < -0.4 is 0 Å². The van der Waals surface area contributed by atoms with Crippen LogP contribution in [0.1, 0.15) is 5.56 Å². The number of thiophene rings is 2. The lowest BCUT2D eigenvalue weighted by Crippen LogP contribution is -1.85. The normalized spacial score (nSPS) is 12.9. The van der Waals surface area contributed by atoms with Crippen LogP contribution in [0.2, 0.25) is 0 Å². The molecule has 99 valence electrons. The van der Waals surface area contributed by atoms with Crippen molar-refractivity contribution in [1.82, 2.24) is 0 Å². The molecule has 3 aromatic rings.